The van der Waals surface area contributed by atoms with Crippen LogP contribution in [0.1, 0.15) is 37.5 Å². The first kappa shape index (κ1) is 1.88. The van der Waals surface area contributed by atoms with Gasteiger partial charge in [0.15, 0.2) is 0 Å². The average Bonchev–Trinajstić information content (AvgIpc) is 1.82. The second-order valence-corrected chi connectivity index (χ2v) is 1.54. The normalized spacial score (nSPS) is 45.4. The average molecular weight is 102 g/mol. The minimum Gasteiger partial charge on any atom is -0.300 e. The van der Waals surface area contributed by atoms with Crippen molar-refractivity contribution in [3.05, 3.63) is 0 Å². The molecule has 0 spiro atoms. The molecule has 0 aliphatic heterocycles. The zero-order chi connectivity index (χ0) is 8.70. The fourth-order valence-corrected chi connectivity index (χ4v) is 0.555. The molecule has 1 aliphatic rings. The van der Waals surface area contributed by atoms with Gasteiger partial charge in [-0.25, -0.2) is 0 Å². The number of carbonyl (C=O) groups is 1. The summed E-state index contributed by atoms with van der Waals surface area (Å²) in [6.07, 6.45) is -3.12. The monoisotopic (exact) mass is 102 g/mol. The van der Waals surface area contributed by atoms with E-state index in [4.69, 9.17) is 5.48 Å². The molecule has 0 bridgehead atoms. The molecule has 0 aromatic carbocycles. The van der Waals surface area contributed by atoms with Crippen molar-refractivity contribution in [3.63, 3.8) is 0 Å². The maximum Gasteiger partial charge on any atom is 0.132 e. The third kappa shape index (κ3) is 1.30. The largest absolute Gasteiger partial charge is 0.300 e. The van der Waals surface area contributed by atoms with E-state index in [0.717, 1.165) is 0 Å². The third-order valence-corrected chi connectivity index (χ3v) is 0.925. The molecule has 1 saturated carbocycles. The topological polar surface area (TPSA) is 17.1 Å². The van der Waals surface area contributed by atoms with Gasteiger partial charge in [0.05, 0.1) is 0 Å². The smallest absolute Gasteiger partial charge is 0.132 e. The predicted octanol–water partition coefficient (Wildman–Crippen LogP) is 1.52. The number of hydrogen-bond acceptors (Lipinski definition) is 1. The van der Waals surface area contributed by atoms with Crippen LogP contribution >= 0.6 is 0 Å². The molecule has 0 heterocycles. The molecular formula is C6H10O. The van der Waals surface area contributed by atoms with Gasteiger partial charge in [-0.3, -0.25) is 4.79 Å². The number of carbonyl (C=O) groups excluding carboxylic acids is 1. The van der Waals surface area contributed by atoms with E-state index in [1.54, 1.807) is 0 Å². The number of Topliss-reactive ketones (excluding diaryl/α,β-unsaturated/α-hetero) is 1. The van der Waals surface area contributed by atoms with E-state index < -0.39 is 18.5 Å². The van der Waals surface area contributed by atoms with Gasteiger partial charge in [-0.15, -0.1) is 0 Å². The van der Waals surface area contributed by atoms with Gasteiger partial charge in [-0.05, 0) is 12.8 Å². The van der Waals surface area contributed by atoms with E-state index >= 15 is 0 Å². The van der Waals surface area contributed by atoms with Gasteiger partial charge in [0.1, 0.15) is 5.78 Å². The fraction of sp³-hybridized carbons (Fsp3) is 0.833. The van der Waals surface area contributed by atoms with Crippen LogP contribution in [0.5, 0.6) is 0 Å². The molecule has 1 heteroatoms. The van der Waals surface area contributed by atoms with Crippen molar-refractivity contribution in [2.24, 2.45) is 0 Å². The molecule has 0 aromatic heterocycles. The van der Waals surface area contributed by atoms with Gasteiger partial charge in [0.2, 0.25) is 0 Å². The lowest BCUT2D eigenvalue weighted by Crippen LogP contribution is -2.02. The van der Waals surface area contributed by atoms with Crippen molar-refractivity contribution in [2.45, 2.75) is 32.0 Å². The molecule has 40 valence electrons. The van der Waals surface area contributed by atoms with Crippen molar-refractivity contribution in [1.82, 2.24) is 0 Å². The van der Waals surface area contributed by atoms with Gasteiger partial charge in [-0.1, -0.05) is 6.42 Å². The molecule has 0 atom stereocenters. The van der Waals surface area contributed by atoms with Gasteiger partial charge < -0.3 is 0 Å². The Bertz CT molecular complexity index is 169. The van der Waals surface area contributed by atoms with Crippen LogP contribution < -0.4 is 0 Å². The maximum atomic E-state index is 11.0. The summed E-state index contributed by atoms with van der Waals surface area (Å²) in [5.74, 6) is -0.892. The molecule has 0 radical (unpaired) electrons. The first-order valence-corrected chi connectivity index (χ1v) is 2.41. The third-order valence-electron chi connectivity index (χ3n) is 0.925. The molecular weight excluding hydrogens is 88.1 g/mol. The maximum absolute atomic E-state index is 11.0. The fourth-order valence-electron chi connectivity index (χ4n) is 0.555. The van der Waals surface area contributed by atoms with E-state index in [1.807, 2.05) is 0 Å². The van der Waals surface area contributed by atoms with Crippen LogP contribution in [0.2, 0.25) is 0 Å². The molecule has 1 rings (SSSR count). The molecule has 0 amide bonds. The minimum atomic E-state index is -1.94. The van der Waals surface area contributed by atoms with Crippen LogP contribution in [0, 0.1) is 0 Å². The Morgan fingerprint density at radius 2 is 1.86 bits per heavy atom. The lowest BCUT2D eigenvalue weighted by Gasteiger charge is -2.05. The van der Waals surface area contributed by atoms with Crippen molar-refractivity contribution in [1.29, 1.82) is 0 Å². The van der Waals surface area contributed by atoms with Crippen LogP contribution in [-0.4, -0.2) is 5.78 Å². The van der Waals surface area contributed by atoms with Crippen LogP contribution in [0.15, 0.2) is 0 Å². The first-order chi connectivity index (χ1) is 4.86. The van der Waals surface area contributed by atoms with Gasteiger partial charge in [-0.2, -0.15) is 0 Å². The summed E-state index contributed by atoms with van der Waals surface area (Å²) in [6.45, 7) is 0. The van der Waals surface area contributed by atoms with Gasteiger partial charge in [0, 0.05) is 18.2 Å². The second-order valence-electron chi connectivity index (χ2n) is 1.54. The highest BCUT2D eigenvalue weighted by molar-refractivity contribution is 5.78. The summed E-state index contributed by atoms with van der Waals surface area (Å²) in [4.78, 5) is 11.0. The molecule has 1 fully saturated rings. The summed E-state index contributed by atoms with van der Waals surface area (Å²) < 4.78 is 28.7. The van der Waals surface area contributed by atoms with Gasteiger partial charge >= 0.3 is 0 Å². The van der Waals surface area contributed by atoms with E-state index in [-0.39, 0.29) is 12.8 Å². The van der Waals surface area contributed by atoms with Crippen LogP contribution in [-0.2, 0) is 4.79 Å². The predicted molar refractivity (Wildman–Crippen MR) is 28.1 cm³/mol. The van der Waals surface area contributed by atoms with Crippen molar-refractivity contribution >= 4 is 5.78 Å². The summed E-state index contributed by atoms with van der Waals surface area (Å²) in [6, 6.07) is 0. The summed E-state index contributed by atoms with van der Waals surface area (Å²) in [5, 5.41) is 0. The Balaban J connectivity index is 2.85. The van der Waals surface area contributed by atoms with Crippen LogP contribution in [0.4, 0.5) is 0 Å². The zero-order valence-corrected chi connectivity index (χ0v) is 4.03. The van der Waals surface area contributed by atoms with Crippen molar-refractivity contribution in [2.75, 3.05) is 0 Å². The SMILES string of the molecule is [2H]C1([2H])CCCC([2H])([2H])C1=O. The molecule has 0 N–H and O–H groups in total. The van der Waals surface area contributed by atoms with Crippen LogP contribution in [0.3, 0.4) is 0 Å². The number of rotatable bonds is 0. The molecule has 0 unspecified atom stereocenters. The summed E-state index contributed by atoms with van der Waals surface area (Å²) in [5.41, 5.74) is 0. The highest BCUT2D eigenvalue weighted by Gasteiger charge is 2.05. The van der Waals surface area contributed by atoms with E-state index in [1.165, 1.54) is 0 Å². The summed E-state index contributed by atoms with van der Waals surface area (Å²) in [7, 11) is 0. The van der Waals surface area contributed by atoms with E-state index in [2.05, 4.69) is 0 Å². The Labute approximate surface area is 49.3 Å². The number of ketones is 1. The molecule has 1 nitrogen and oxygen atoms in total. The first-order valence-electron chi connectivity index (χ1n) is 4.41. The molecule has 0 saturated heterocycles. The van der Waals surface area contributed by atoms with Crippen LogP contribution in [0.25, 0.3) is 0 Å². The van der Waals surface area contributed by atoms with E-state index in [0.29, 0.717) is 6.42 Å². The van der Waals surface area contributed by atoms with E-state index in [9.17, 15) is 4.79 Å². The summed E-state index contributed by atoms with van der Waals surface area (Å²) >= 11 is 0. The Morgan fingerprint density at radius 1 is 1.29 bits per heavy atom. The van der Waals surface area contributed by atoms with Gasteiger partial charge in [0.25, 0.3) is 0 Å². The molecule has 7 heavy (non-hydrogen) atoms. The minimum absolute atomic E-state index is 0.158. The van der Waals surface area contributed by atoms with Crippen molar-refractivity contribution in [3.8, 4) is 0 Å². The van der Waals surface area contributed by atoms with Crippen molar-refractivity contribution < 1.29 is 10.3 Å². The highest BCUT2D eigenvalue weighted by Crippen LogP contribution is 2.12. The number of hydrogen-bond donors (Lipinski definition) is 0. The Kier molecular flexibility index (Phi) is 0.566. The molecule has 1 aliphatic carbocycles. The lowest BCUT2D eigenvalue weighted by atomic mass is 10.00. The Hall–Kier alpha value is -0.330. The standard InChI is InChI=1S/C6H10O/c7-6-4-2-1-3-5-6/h1-5H2/i4D2,5D2. The quantitative estimate of drug-likeness (QED) is 0.453. The lowest BCUT2D eigenvalue weighted by molar-refractivity contribution is -0.120. The molecule has 0 aromatic rings. The second kappa shape index (κ2) is 2.10. The highest BCUT2D eigenvalue weighted by atomic mass is 16.1. The zero-order valence-electron chi connectivity index (χ0n) is 8.03. The Morgan fingerprint density at radius 3 is 2.29 bits per heavy atom.